The fraction of sp³-hybridized carbons (Fsp3) is 0.935. The quantitative estimate of drug-likeness (QED) is 0.375. The second-order valence-corrected chi connectivity index (χ2v) is 13.3. The third-order valence-electron chi connectivity index (χ3n) is 11.3. The van der Waals surface area contributed by atoms with Gasteiger partial charge in [-0.1, -0.05) is 66.7 Å². The van der Waals surface area contributed by atoms with Crippen molar-refractivity contribution < 1.29 is 4.74 Å². The van der Waals surface area contributed by atoms with Crippen LogP contribution < -0.4 is 0 Å². The van der Waals surface area contributed by atoms with Gasteiger partial charge in [-0.15, -0.1) is 0 Å². The van der Waals surface area contributed by atoms with Gasteiger partial charge in [0.25, 0.3) is 0 Å². The summed E-state index contributed by atoms with van der Waals surface area (Å²) in [5.41, 5.74) is 1.18. The maximum Gasteiger partial charge on any atom is 0.111 e. The van der Waals surface area contributed by atoms with Gasteiger partial charge in [-0.05, 0) is 110 Å². The highest BCUT2D eigenvalue weighted by Gasteiger charge is 2.60. The standard InChI is InChI=1S/C31H52O/c1-7-8-20-32-25-16-18-30(5)24(21-25)12-13-26-28-15-14-27(23(4)11-9-10-22(2)3)31(28,6)19-17-29(26)30/h22-29H,7,9-19,21H2,1-6H3/t23-,24+,25+,26+,27-,28+,29+,30+,31-/m1/s1. The Labute approximate surface area is 200 Å². The maximum absolute atomic E-state index is 5.96. The summed E-state index contributed by atoms with van der Waals surface area (Å²) < 4.78 is 5.96. The Morgan fingerprint density at radius 1 is 0.875 bits per heavy atom. The molecule has 0 N–H and O–H groups in total. The number of ether oxygens (including phenoxy) is 1. The van der Waals surface area contributed by atoms with E-state index in [0.29, 0.717) is 16.9 Å². The molecule has 0 aromatic rings. The van der Waals surface area contributed by atoms with Crippen molar-refractivity contribution in [3.8, 4) is 12.0 Å². The highest BCUT2D eigenvalue weighted by Crippen LogP contribution is 2.68. The van der Waals surface area contributed by atoms with E-state index in [1.807, 2.05) is 0 Å². The first-order valence-corrected chi connectivity index (χ1v) is 14.4. The van der Waals surface area contributed by atoms with Crippen LogP contribution in [0, 0.1) is 64.3 Å². The van der Waals surface area contributed by atoms with Gasteiger partial charge in [0.05, 0.1) is 0 Å². The van der Waals surface area contributed by atoms with Gasteiger partial charge in [-0.2, -0.15) is 0 Å². The van der Waals surface area contributed by atoms with E-state index in [1.165, 1.54) is 77.0 Å². The van der Waals surface area contributed by atoms with Crippen LogP contribution in [0.1, 0.15) is 125 Å². The van der Waals surface area contributed by atoms with Crippen molar-refractivity contribution in [2.75, 3.05) is 0 Å². The largest absolute Gasteiger partial charge is 0.443 e. The summed E-state index contributed by atoms with van der Waals surface area (Å²) in [6.45, 7) is 14.9. The van der Waals surface area contributed by atoms with Gasteiger partial charge in [0.15, 0.2) is 0 Å². The van der Waals surface area contributed by atoms with Gasteiger partial charge in [0.1, 0.15) is 12.2 Å². The number of rotatable bonds is 6. The zero-order valence-corrected chi connectivity index (χ0v) is 22.2. The summed E-state index contributed by atoms with van der Waals surface area (Å²) in [5, 5.41) is 0. The molecule has 0 bridgehead atoms. The lowest BCUT2D eigenvalue weighted by Gasteiger charge is -2.61. The molecule has 0 aromatic carbocycles. The summed E-state index contributed by atoms with van der Waals surface area (Å²) in [5.74, 6) is 9.70. The Balaban J connectivity index is 1.41. The van der Waals surface area contributed by atoms with Crippen molar-refractivity contribution in [3.63, 3.8) is 0 Å². The average Bonchev–Trinajstić information content (AvgIpc) is 3.11. The van der Waals surface area contributed by atoms with Crippen LogP contribution in [0.5, 0.6) is 0 Å². The lowest BCUT2D eigenvalue weighted by molar-refractivity contribution is -0.129. The average molecular weight is 441 g/mol. The molecule has 4 saturated carbocycles. The zero-order chi connectivity index (χ0) is 22.9. The van der Waals surface area contributed by atoms with Gasteiger partial charge in [0, 0.05) is 6.42 Å². The Bertz CT molecular complexity index is 684. The normalized spacial score (nSPS) is 44.1. The molecule has 9 atom stereocenters. The van der Waals surface area contributed by atoms with Crippen LogP contribution >= 0.6 is 0 Å². The van der Waals surface area contributed by atoms with E-state index >= 15 is 0 Å². The minimum atomic E-state index is 0.389. The van der Waals surface area contributed by atoms with E-state index in [0.717, 1.165) is 47.8 Å². The van der Waals surface area contributed by atoms with Crippen molar-refractivity contribution in [2.24, 2.45) is 52.3 Å². The molecule has 4 aliphatic rings. The molecule has 4 aliphatic carbocycles. The van der Waals surface area contributed by atoms with E-state index in [1.54, 1.807) is 0 Å². The molecular weight excluding hydrogens is 388 g/mol. The molecule has 182 valence electrons. The Morgan fingerprint density at radius 2 is 1.62 bits per heavy atom. The lowest BCUT2D eigenvalue weighted by Crippen LogP contribution is -2.54. The Kier molecular flexibility index (Phi) is 7.59. The summed E-state index contributed by atoms with van der Waals surface area (Å²) in [7, 11) is 0. The molecule has 4 rings (SSSR count). The van der Waals surface area contributed by atoms with E-state index < -0.39 is 0 Å². The minimum absolute atomic E-state index is 0.389. The summed E-state index contributed by atoms with van der Waals surface area (Å²) in [4.78, 5) is 0. The van der Waals surface area contributed by atoms with Gasteiger partial charge in [0.2, 0.25) is 0 Å². The molecule has 0 aromatic heterocycles. The van der Waals surface area contributed by atoms with Crippen molar-refractivity contribution in [3.05, 3.63) is 0 Å². The molecule has 0 unspecified atom stereocenters. The predicted octanol–water partition coefficient (Wildman–Crippen LogP) is 8.86. The van der Waals surface area contributed by atoms with Gasteiger partial charge >= 0.3 is 0 Å². The highest BCUT2D eigenvalue weighted by atomic mass is 16.5. The summed E-state index contributed by atoms with van der Waals surface area (Å²) in [6, 6.07) is 0. The van der Waals surface area contributed by atoms with Crippen LogP contribution in [-0.2, 0) is 4.74 Å². The van der Waals surface area contributed by atoms with Crippen LogP contribution in [0.25, 0.3) is 0 Å². The van der Waals surface area contributed by atoms with Gasteiger partial charge in [-0.25, -0.2) is 0 Å². The molecule has 1 nitrogen and oxygen atoms in total. The molecule has 0 heterocycles. The molecule has 0 radical (unpaired) electrons. The van der Waals surface area contributed by atoms with Crippen molar-refractivity contribution in [1.82, 2.24) is 0 Å². The van der Waals surface area contributed by atoms with Crippen molar-refractivity contribution in [1.29, 1.82) is 0 Å². The molecular formula is C31H52O. The minimum Gasteiger partial charge on any atom is -0.443 e. The van der Waals surface area contributed by atoms with E-state index in [-0.39, 0.29) is 0 Å². The first-order chi connectivity index (χ1) is 15.3. The molecule has 0 spiro atoms. The fourth-order valence-corrected chi connectivity index (χ4v) is 9.55. The van der Waals surface area contributed by atoms with Gasteiger partial charge < -0.3 is 4.74 Å². The third-order valence-corrected chi connectivity index (χ3v) is 11.3. The SMILES string of the molecule is CCC#CO[C@H]1CC[C@@]2(C)[C@@H](CC[C@@H]3[C@@H]2CC[C@]2(C)[C@@H]([C@H](C)CCCC(C)C)CC[C@@H]32)C1. The van der Waals surface area contributed by atoms with E-state index in [2.05, 4.69) is 53.6 Å². The predicted molar refractivity (Wildman–Crippen MR) is 136 cm³/mol. The summed E-state index contributed by atoms with van der Waals surface area (Å²) >= 11 is 0. The number of hydrogen-bond acceptors (Lipinski definition) is 1. The number of hydrogen-bond donors (Lipinski definition) is 0. The summed E-state index contributed by atoms with van der Waals surface area (Å²) in [6.07, 6.45) is 21.4. The maximum atomic E-state index is 5.96. The van der Waals surface area contributed by atoms with Crippen LogP contribution in [0.4, 0.5) is 0 Å². The van der Waals surface area contributed by atoms with E-state index in [9.17, 15) is 0 Å². The monoisotopic (exact) mass is 440 g/mol. The fourth-order valence-electron chi connectivity index (χ4n) is 9.55. The topological polar surface area (TPSA) is 9.23 Å². The van der Waals surface area contributed by atoms with Crippen molar-refractivity contribution in [2.45, 2.75) is 131 Å². The molecule has 4 fully saturated rings. The first-order valence-electron chi connectivity index (χ1n) is 14.4. The van der Waals surface area contributed by atoms with Gasteiger partial charge in [-0.3, -0.25) is 0 Å². The Hall–Kier alpha value is -0.640. The zero-order valence-electron chi connectivity index (χ0n) is 22.2. The molecule has 0 amide bonds. The lowest BCUT2D eigenvalue weighted by atomic mass is 9.44. The molecule has 32 heavy (non-hydrogen) atoms. The van der Waals surface area contributed by atoms with Crippen LogP contribution in [0.15, 0.2) is 0 Å². The van der Waals surface area contributed by atoms with Crippen molar-refractivity contribution >= 4 is 0 Å². The second kappa shape index (κ2) is 9.92. The van der Waals surface area contributed by atoms with Crippen LogP contribution in [-0.4, -0.2) is 6.10 Å². The second-order valence-electron chi connectivity index (χ2n) is 13.3. The third kappa shape index (κ3) is 4.51. The van der Waals surface area contributed by atoms with E-state index in [4.69, 9.17) is 4.74 Å². The smallest absolute Gasteiger partial charge is 0.111 e. The molecule has 1 heteroatoms. The highest BCUT2D eigenvalue weighted by molar-refractivity contribution is 5.10. The molecule has 0 saturated heterocycles. The Morgan fingerprint density at radius 3 is 2.38 bits per heavy atom. The van der Waals surface area contributed by atoms with Crippen LogP contribution in [0.3, 0.4) is 0 Å². The number of fused-ring (bicyclic) bond motifs is 5. The first kappa shape index (κ1) is 24.5. The van der Waals surface area contributed by atoms with Crippen LogP contribution in [0.2, 0.25) is 0 Å². The molecule has 0 aliphatic heterocycles.